The van der Waals surface area contributed by atoms with Gasteiger partial charge in [-0.25, -0.2) is 4.99 Å². The molecule has 1 aromatic heterocycles. The zero-order valence-electron chi connectivity index (χ0n) is 16.2. The monoisotopic (exact) mass is 457 g/mol. The van der Waals surface area contributed by atoms with Gasteiger partial charge in [-0.15, -0.1) is 0 Å². The summed E-state index contributed by atoms with van der Waals surface area (Å²) in [6.45, 7) is 4.34. The molecule has 4 rings (SSSR count). The molecule has 2 heterocycles. The normalized spacial score (nSPS) is 20.9. The van der Waals surface area contributed by atoms with Crippen molar-refractivity contribution in [3.05, 3.63) is 56.7 Å². The highest BCUT2D eigenvalue weighted by Crippen LogP contribution is 2.34. The number of halogens is 1. The Hall–Kier alpha value is -1.79. The maximum absolute atomic E-state index is 12.5. The number of nitrogens with zero attached hydrogens (tertiary/aromatic N) is 2. The van der Waals surface area contributed by atoms with Crippen molar-refractivity contribution in [1.82, 2.24) is 9.88 Å². The molecule has 1 saturated heterocycles. The number of hydrogen-bond acceptors (Lipinski definition) is 3. The fourth-order valence-electron chi connectivity index (χ4n) is 4.13. The summed E-state index contributed by atoms with van der Waals surface area (Å²) in [7, 11) is 0. The van der Waals surface area contributed by atoms with E-state index in [0.717, 1.165) is 15.7 Å². The fraction of sp³-hybridized carbons (Fsp3) is 0.364. The highest BCUT2D eigenvalue weighted by molar-refractivity contribution is 9.10. The summed E-state index contributed by atoms with van der Waals surface area (Å²) in [6, 6.07) is 10.5. The topological polar surface area (TPSA) is 46.4 Å². The summed E-state index contributed by atoms with van der Waals surface area (Å²) >= 11 is 4.85. The number of amides is 1. The molecule has 1 amide bonds. The minimum absolute atomic E-state index is 0.0822. The molecule has 4 nitrogen and oxygen atoms in total. The highest BCUT2D eigenvalue weighted by Gasteiger charge is 2.25. The second kappa shape index (κ2) is 8.29. The average molecular weight is 458 g/mol. The van der Waals surface area contributed by atoms with Crippen LogP contribution in [-0.4, -0.2) is 15.6 Å². The van der Waals surface area contributed by atoms with Crippen LogP contribution < -0.4 is 5.32 Å². The van der Waals surface area contributed by atoms with Gasteiger partial charge in [0.05, 0.1) is 10.6 Å². The van der Waals surface area contributed by atoms with E-state index < -0.39 is 0 Å². The Morgan fingerprint density at radius 1 is 1.21 bits per heavy atom. The van der Waals surface area contributed by atoms with Gasteiger partial charge in [0.2, 0.25) is 0 Å². The number of carbonyl (C=O) groups is 1. The van der Waals surface area contributed by atoms with Crippen LogP contribution >= 0.6 is 27.7 Å². The molecule has 1 aliphatic heterocycles. The quantitative estimate of drug-likeness (QED) is 0.552. The molecule has 146 valence electrons. The van der Waals surface area contributed by atoms with Gasteiger partial charge in [0.1, 0.15) is 0 Å². The van der Waals surface area contributed by atoms with Crippen LogP contribution in [0.1, 0.15) is 55.1 Å². The van der Waals surface area contributed by atoms with Gasteiger partial charge in [-0.1, -0.05) is 41.3 Å². The van der Waals surface area contributed by atoms with Crippen molar-refractivity contribution in [3.63, 3.8) is 0 Å². The number of hydrogen-bond donors (Lipinski definition) is 1. The van der Waals surface area contributed by atoms with E-state index in [1.807, 2.05) is 30.3 Å². The SMILES string of the molecule is Cc1cc(/C=C2/SC(=Nc3cccc(Br)c3)NC2=O)c(C)n1C1CCCCC1. The van der Waals surface area contributed by atoms with E-state index in [9.17, 15) is 4.79 Å². The largest absolute Gasteiger partial charge is 0.346 e. The van der Waals surface area contributed by atoms with Gasteiger partial charge in [0, 0.05) is 21.9 Å². The summed E-state index contributed by atoms with van der Waals surface area (Å²) in [5.41, 5.74) is 4.48. The lowest BCUT2D eigenvalue weighted by molar-refractivity contribution is -0.115. The van der Waals surface area contributed by atoms with Gasteiger partial charge in [-0.05, 0) is 74.4 Å². The van der Waals surface area contributed by atoms with Crippen LogP contribution in [0.5, 0.6) is 0 Å². The van der Waals surface area contributed by atoms with Crippen LogP contribution in [0.2, 0.25) is 0 Å². The number of aromatic nitrogens is 1. The molecule has 2 fully saturated rings. The molecule has 0 spiro atoms. The molecule has 6 heteroatoms. The molecule has 0 bridgehead atoms. The van der Waals surface area contributed by atoms with Gasteiger partial charge in [0.15, 0.2) is 5.17 Å². The Balaban J connectivity index is 1.58. The Labute approximate surface area is 178 Å². The number of benzene rings is 1. The van der Waals surface area contributed by atoms with Crippen molar-refractivity contribution >= 4 is 50.5 Å². The third-order valence-electron chi connectivity index (χ3n) is 5.44. The highest BCUT2D eigenvalue weighted by atomic mass is 79.9. The van der Waals surface area contributed by atoms with Crippen LogP contribution in [-0.2, 0) is 4.79 Å². The van der Waals surface area contributed by atoms with Gasteiger partial charge < -0.3 is 9.88 Å². The van der Waals surface area contributed by atoms with E-state index in [4.69, 9.17) is 0 Å². The number of nitrogens with one attached hydrogen (secondary N) is 1. The lowest BCUT2D eigenvalue weighted by atomic mass is 9.95. The van der Waals surface area contributed by atoms with E-state index >= 15 is 0 Å². The first-order valence-corrected chi connectivity index (χ1v) is 11.4. The van der Waals surface area contributed by atoms with Crippen LogP contribution in [0.25, 0.3) is 6.08 Å². The predicted molar refractivity (Wildman–Crippen MR) is 121 cm³/mol. The molecule has 0 radical (unpaired) electrons. The average Bonchev–Trinajstić information content (AvgIpc) is 3.14. The molecule has 1 N–H and O–H groups in total. The molecule has 1 saturated carbocycles. The van der Waals surface area contributed by atoms with E-state index in [1.54, 1.807) is 0 Å². The second-order valence-corrected chi connectivity index (χ2v) is 9.40. The zero-order valence-corrected chi connectivity index (χ0v) is 18.6. The number of aliphatic imine (C=N–C) groups is 1. The first-order valence-electron chi connectivity index (χ1n) is 9.75. The van der Waals surface area contributed by atoms with Crippen LogP contribution in [0, 0.1) is 13.8 Å². The van der Waals surface area contributed by atoms with Crippen LogP contribution in [0.4, 0.5) is 5.69 Å². The molecule has 2 aliphatic rings. The summed E-state index contributed by atoms with van der Waals surface area (Å²) in [6.07, 6.45) is 8.49. The van der Waals surface area contributed by atoms with Gasteiger partial charge in [-0.2, -0.15) is 0 Å². The van der Waals surface area contributed by atoms with Crippen LogP contribution in [0.3, 0.4) is 0 Å². The standard InChI is InChI=1S/C22H24BrN3OS/c1-14-11-16(15(2)26(14)19-9-4-3-5-10-19)12-20-21(27)25-22(28-20)24-18-8-6-7-17(23)13-18/h6-8,11-13,19H,3-5,9-10H2,1-2H3,(H,24,25,27)/b20-12+. The van der Waals surface area contributed by atoms with E-state index in [1.165, 1.54) is 55.3 Å². The molecular weight excluding hydrogens is 434 g/mol. The molecule has 1 aromatic carbocycles. The molecule has 0 atom stereocenters. The van der Waals surface area contributed by atoms with Crippen molar-refractivity contribution in [2.24, 2.45) is 4.99 Å². The van der Waals surface area contributed by atoms with E-state index in [-0.39, 0.29) is 5.91 Å². The first kappa shape index (κ1) is 19.5. The molecule has 2 aromatic rings. The van der Waals surface area contributed by atoms with Gasteiger partial charge >= 0.3 is 0 Å². The number of thioether (sulfide) groups is 1. The Bertz CT molecular complexity index is 970. The molecule has 28 heavy (non-hydrogen) atoms. The molecular formula is C22H24BrN3OS. The Morgan fingerprint density at radius 2 is 2.00 bits per heavy atom. The van der Waals surface area contributed by atoms with Crippen molar-refractivity contribution in [2.45, 2.75) is 52.0 Å². The summed E-state index contributed by atoms with van der Waals surface area (Å²) in [4.78, 5) is 17.7. The minimum atomic E-state index is -0.0822. The lowest BCUT2D eigenvalue weighted by Crippen LogP contribution is -2.19. The first-order chi connectivity index (χ1) is 13.5. The number of rotatable bonds is 3. The van der Waals surface area contributed by atoms with Crippen molar-refractivity contribution < 1.29 is 4.79 Å². The maximum Gasteiger partial charge on any atom is 0.264 e. The number of aryl methyl sites for hydroxylation is 1. The lowest BCUT2D eigenvalue weighted by Gasteiger charge is -2.26. The summed E-state index contributed by atoms with van der Waals surface area (Å²) < 4.78 is 3.44. The van der Waals surface area contributed by atoms with Gasteiger partial charge in [0.25, 0.3) is 5.91 Å². The Kier molecular flexibility index (Phi) is 5.78. The Morgan fingerprint density at radius 3 is 2.75 bits per heavy atom. The molecule has 0 unspecified atom stereocenters. The maximum atomic E-state index is 12.5. The summed E-state index contributed by atoms with van der Waals surface area (Å²) in [5, 5.41) is 3.50. The third-order valence-corrected chi connectivity index (χ3v) is 6.84. The summed E-state index contributed by atoms with van der Waals surface area (Å²) in [5.74, 6) is -0.0822. The fourth-order valence-corrected chi connectivity index (χ4v) is 5.35. The minimum Gasteiger partial charge on any atom is -0.346 e. The van der Waals surface area contributed by atoms with Crippen molar-refractivity contribution in [3.8, 4) is 0 Å². The third kappa shape index (κ3) is 4.13. The van der Waals surface area contributed by atoms with Gasteiger partial charge in [-0.3, -0.25) is 4.79 Å². The molecule has 1 aliphatic carbocycles. The van der Waals surface area contributed by atoms with Crippen molar-refractivity contribution in [2.75, 3.05) is 0 Å². The predicted octanol–water partition coefficient (Wildman–Crippen LogP) is 6.26. The smallest absolute Gasteiger partial charge is 0.264 e. The van der Waals surface area contributed by atoms with Crippen LogP contribution in [0.15, 0.2) is 44.7 Å². The van der Waals surface area contributed by atoms with E-state index in [0.29, 0.717) is 16.1 Å². The number of amidine groups is 1. The zero-order chi connectivity index (χ0) is 19.7. The second-order valence-electron chi connectivity index (χ2n) is 7.45. The van der Waals surface area contributed by atoms with E-state index in [2.05, 4.69) is 50.7 Å². The van der Waals surface area contributed by atoms with Crippen molar-refractivity contribution in [1.29, 1.82) is 0 Å². The number of carbonyl (C=O) groups excluding carboxylic acids is 1.